The predicted octanol–water partition coefficient (Wildman–Crippen LogP) is 12.7. The molecule has 3 heteroatoms. The van der Waals surface area contributed by atoms with Gasteiger partial charge in [-0.15, -0.1) is 0 Å². The van der Waals surface area contributed by atoms with E-state index in [4.69, 9.17) is 0 Å². The third-order valence-corrected chi connectivity index (χ3v) is 11.2. The van der Waals surface area contributed by atoms with Crippen LogP contribution >= 0.6 is 0 Å². The maximum Gasteiger partial charge on any atom is 0.0620 e. The number of nitrogens with zero attached hydrogens (tertiary/aromatic N) is 3. The molecular formula is C48H29N3. The van der Waals surface area contributed by atoms with Crippen LogP contribution in [0.15, 0.2) is 176 Å². The summed E-state index contributed by atoms with van der Waals surface area (Å²) in [6.45, 7) is 0. The first-order valence-electron chi connectivity index (χ1n) is 17.6. The number of rotatable bonds is 3. The van der Waals surface area contributed by atoms with Crippen molar-refractivity contribution in [2.45, 2.75) is 0 Å². The van der Waals surface area contributed by atoms with Crippen LogP contribution in [-0.4, -0.2) is 13.5 Å². The lowest BCUT2D eigenvalue weighted by molar-refractivity contribution is 1.17. The van der Waals surface area contributed by atoms with Gasteiger partial charge in [0.1, 0.15) is 0 Å². The lowest BCUT2D eigenvalue weighted by Crippen LogP contribution is -1.95. The van der Waals surface area contributed by atoms with Crippen molar-refractivity contribution in [2.24, 2.45) is 0 Å². The number of hydrogen-bond acceptors (Lipinski definition) is 0. The van der Waals surface area contributed by atoms with Gasteiger partial charge in [-0.1, -0.05) is 121 Å². The molecule has 12 rings (SSSR count). The van der Waals surface area contributed by atoms with Gasteiger partial charge >= 0.3 is 0 Å². The lowest BCUT2D eigenvalue weighted by atomic mass is 10.0. The molecule has 8 aromatic carbocycles. The van der Waals surface area contributed by atoms with Gasteiger partial charge < -0.3 is 13.5 Å². The zero-order chi connectivity index (χ0) is 33.2. The van der Waals surface area contributed by atoms with E-state index in [1.54, 1.807) is 0 Å². The second kappa shape index (κ2) is 9.87. The Morgan fingerprint density at radius 2 is 0.843 bits per heavy atom. The minimum atomic E-state index is 1.16. The zero-order valence-corrected chi connectivity index (χ0v) is 27.6. The molecule has 3 nitrogen and oxygen atoms in total. The molecule has 0 spiro atoms. The molecule has 0 unspecified atom stereocenters. The zero-order valence-electron chi connectivity index (χ0n) is 27.6. The van der Waals surface area contributed by atoms with E-state index >= 15 is 0 Å². The molecule has 12 aromatic rings. The predicted molar refractivity (Wildman–Crippen MR) is 215 cm³/mol. The Morgan fingerprint density at radius 3 is 1.61 bits per heavy atom. The van der Waals surface area contributed by atoms with Crippen LogP contribution in [0.25, 0.3) is 104 Å². The van der Waals surface area contributed by atoms with E-state index in [0.29, 0.717) is 0 Å². The van der Waals surface area contributed by atoms with E-state index in [-0.39, 0.29) is 0 Å². The van der Waals surface area contributed by atoms with E-state index in [0.717, 1.165) is 11.4 Å². The Labute approximate surface area is 292 Å². The van der Waals surface area contributed by atoms with Gasteiger partial charge in [0.15, 0.2) is 0 Å². The van der Waals surface area contributed by atoms with E-state index in [9.17, 15) is 0 Å². The molecule has 51 heavy (non-hydrogen) atoms. The van der Waals surface area contributed by atoms with Crippen molar-refractivity contribution < 1.29 is 0 Å². The van der Waals surface area contributed by atoms with Crippen molar-refractivity contribution in [3.05, 3.63) is 176 Å². The highest BCUT2D eigenvalue weighted by atomic mass is 15.0. The molecule has 0 bridgehead atoms. The van der Waals surface area contributed by atoms with Crippen LogP contribution in [0, 0.1) is 0 Å². The molecule has 4 aromatic heterocycles. The first-order valence-corrected chi connectivity index (χ1v) is 17.6. The first-order chi connectivity index (χ1) is 25.3. The molecule has 0 aliphatic carbocycles. The Morgan fingerprint density at radius 1 is 0.275 bits per heavy atom. The normalized spacial score (nSPS) is 12.3. The summed E-state index contributed by atoms with van der Waals surface area (Å²) in [5, 5.41) is 10.3. The van der Waals surface area contributed by atoms with Crippen molar-refractivity contribution in [2.75, 3.05) is 0 Å². The second-order valence-corrected chi connectivity index (χ2v) is 13.7. The number of aromatic nitrogens is 3. The maximum atomic E-state index is 2.47. The lowest BCUT2D eigenvalue weighted by Gasteiger charge is -2.10. The van der Waals surface area contributed by atoms with Crippen molar-refractivity contribution in [1.82, 2.24) is 13.5 Å². The van der Waals surface area contributed by atoms with E-state index in [2.05, 4.69) is 189 Å². The number of fused-ring (bicyclic) bond motifs is 13. The molecule has 4 heterocycles. The standard InChI is InChI=1S/C48H29N3/c1-3-12-30(13-4-1)31-22-24-39-44(28-31)49(32-14-5-2-6-15-32)42-26-27-43-46(47(39)42)38-17-8-10-21-41(38)50(43)33-23-25-35-37-19-11-18-36-34-16-7-9-20-40(34)51(48(36)37)45(35)29-33/h1-29H. The molecule has 0 saturated heterocycles. The first kappa shape index (κ1) is 27.0. The monoisotopic (exact) mass is 647 g/mol. The topological polar surface area (TPSA) is 14.3 Å². The summed E-state index contributed by atoms with van der Waals surface area (Å²) in [6, 6.07) is 64.6. The third kappa shape index (κ3) is 3.52. The highest BCUT2D eigenvalue weighted by molar-refractivity contribution is 6.29. The Kier molecular flexibility index (Phi) is 5.23. The molecule has 236 valence electrons. The molecular weight excluding hydrogens is 619 g/mol. The largest absolute Gasteiger partial charge is 0.309 e. The number of hydrogen-bond donors (Lipinski definition) is 0. The van der Waals surface area contributed by atoms with E-state index < -0.39 is 0 Å². The summed E-state index contributed by atoms with van der Waals surface area (Å²) in [6.07, 6.45) is 0. The summed E-state index contributed by atoms with van der Waals surface area (Å²) in [5.41, 5.74) is 13.4. The molecule has 0 radical (unpaired) electrons. The fourth-order valence-electron chi connectivity index (χ4n) is 9.07. The highest BCUT2D eigenvalue weighted by Gasteiger charge is 2.22. The summed E-state index contributed by atoms with van der Waals surface area (Å²) >= 11 is 0. The van der Waals surface area contributed by atoms with Crippen LogP contribution in [-0.2, 0) is 0 Å². The summed E-state index contributed by atoms with van der Waals surface area (Å²) in [5.74, 6) is 0. The van der Waals surface area contributed by atoms with Crippen molar-refractivity contribution >= 4 is 81.7 Å². The summed E-state index contributed by atoms with van der Waals surface area (Å²) in [4.78, 5) is 0. The fraction of sp³-hybridized carbons (Fsp3) is 0. The summed E-state index contributed by atoms with van der Waals surface area (Å²) in [7, 11) is 0. The van der Waals surface area contributed by atoms with Crippen LogP contribution < -0.4 is 0 Å². The third-order valence-electron chi connectivity index (χ3n) is 11.2. The van der Waals surface area contributed by atoms with Crippen molar-refractivity contribution in [1.29, 1.82) is 0 Å². The molecule has 0 aliphatic rings. The Bertz CT molecular complexity index is 3340. The van der Waals surface area contributed by atoms with Gasteiger partial charge in [0.25, 0.3) is 0 Å². The van der Waals surface area contributed by atoms with Crippen LogP contribution in [0.4, 0.5) is 0 Å². The molecule has 0 N–H and O–H groups in total. The van der Waals surface area contributed by atoms with Gasteiger partial charge in [-0.2, -0.15) is 0 Å². The van der Waals surface area contributed by atoms with E-state index in [1.807, 2.05) is 0 Å². The van der Waals surface area contributed by atoms with Gasteiger partial charge in [-0.25, -0.2) is 0 Å². The minimum absolute atomic E-state index is 1.16. The van der Waals surface area contributed by atoms with E-state index in [1.165, 1.54) is 92.8 Å². The van der Waals surface area contributed by atoms with Gasteiger partial charge in [0, 0.05) is 54.5 Å². The average molecular weight is 648 g/mol. The van der Waals surface area contributed by atoms with Crippen LogP contribution in [0.1, 0.15) is 0 Å². The average Bonchev–Trinajstić information content (AvgIpc) is 3.92. The summed E-state index contributed by atoms with van der Waals surface area (Å²) < 4.78 is 7.39. The highest BCUT2D eigenvalue weighted by Crippen LogP contribution is 2.44. The smallest absolute Gasteiger partial charge is 0.0620 e. The molecule has 0 atom stereocenters. The van der Waals surface area contributed by atoms with Gasteiger partial charge in [-0.3, -0.25) is 0 Å². The molecule has 0 amide bonds. The number of para-hydroxylation sites is 4. The van der Waals surface area contributed by atoms with Gasteiger partial charge in [0.2, 0.25) is 0 Å². The molecule has 0 fully saturated rings. The quantitative estimate of drug-likeness (QED) is 0.181. The van der Waals surface area contributed by atoms with Gasteiger partial charge in [-0.05, 0) is 65.7 Å². The van der Waals surface area contributed by atoms with Crippen LogP contribution in [0.2, 0.25) is 0 Å². The fourth-order valence-corrected chi connectivity index (χ4v) is 9.07. The molecule has 0 aliphatic heterocycles. The van der Waals surface area contributed by atoms with Crippen molar-refractivity contribution in [3.63, 3.8) is 0 Å². The van der Waals surface area contributed by atoms with Crippen LogP contribution in [0.3, 0.4) is 0 Å². The Hall–Kier alpha value is -6.84. The van der Waals surface area contributed by atoms with Gasteiger partial charge in [0.05, 0.1) is 38.6 Å². The minimum Gasteiger partial charge on any atom is -0.309 e. The maximum absolute atomic E-state index is 2.47. The van der Waals surface area contributed by atoms with Crippen LogP contribution in [0.5, 0.6) is 0 Å². The SMILES string of the molecule is c1ccc(-c2ccc3c4c5c6ccccc6n(-c6ccc7c8cccc9c%10ccccc%10n(c7c6)c98)c5ccc4n(-c4ccccc4)c3c2)cc1. The second-order valence-electron chi connectivity index (χ2n) is 13.7. The number of benzene rings is 8. The van der Waals surface area contributed by atoms with Crippen molar-refractivity contribution in [3.8, 4) is 22.5 Å². The Balaban J connectivity index is 1.20. The molecule has 0 saturated carbocycles.